The molecule has 4 rings (SSSR count). The van der Waals surface area contributed by atoms with Crippen molar-refractivity contribution < 1.29 is 18.3 Å². The second kappa shape index (κ2) is 8.47. The number of alkyl halides is 3. The molecule has 3 heterocycles. The van der Waals surface area contributed by atoms with Crippen LogP contribution in [0.5, 0.6) is 0 Å². The lowest BCUT2D eigenvalue weighted by Gasteiger charge is -2.23. The van der Waals surface area contributed by atoms with Crippen LogP contribution in [0.4, 0.5) is 18.9 Å². The van der Waals surface area contributed by atoms with Crippen molar-refractivity contribution in [2.75, 3.05) is 31.6 Å². The summed E-state index contributed by atoms with van der Waals surface area (Å²) in [5.74, 6) is 0. The summed E-state index contributed by atoms with van der Waals surface area (Å²) in [7, 11) is 1.93. The summed E-state index contributed by atoms with van der Waals surface area (Å²) in [6, 6.07) is 10.8. The quantitative estimate of drug-likeness (QED) is 0.641. The van der Waals surface area contributed by atoms with E-state index in [2.05, 4.69) is 27.1 Å². The molecule has 3 aromatic rings. The lowest BCUT2D eigenvalue weighted by molar-refractivity contribution is -0.142. The first kappa shape index (κ1) is 21.6. The number of likely N-dealkylation sites (N-methyl/N-ethyl adjacent to an activating group) is 1. The fourth-order valence-corrected chi connectivity index (χ4v) is 4.20. The van der Waals surface area contributed by atoms with Crippen molar-refractivity contribution in [3.8, 4) is 0 Å². The summed E-state index contributed by atoms with van der Waals surface area (Å²) >= 11 is 0. The van der Waals surface area contributed by atoms with E-state index in [1.807, 2.05) is 24.1 Å². The van der Waals surface area contributed by atoms with Gasteiger partial charge in [0.2, 0.25) is 0 Å². The molecule has 1 aromatic carbocycles. The predicted molar refractivity (Wildman–Crippen MR) is 112 cm³/mol. The summed E-state index contributed by atoms with van der Waals surface area (Å²) in [5.41, 5.74) is 2.53. The van der Waals surface area contributed by atoms with Gasteiger partial charge in [-0.05, 0) is 50.1 Å². The fourth-order valence-electron chi connectivity index (χ4n) is 4.20. The van der Waals surface area contributed by atoms with Crippen LogP contribution in [0.25, 0.3) is 5.65 Å². The van der Waals surface area contributed by atoms with Crippen LogP contribution < -0.4 is 4.90 Å². The van der Waals surface area contributed by atoms with E-state index in [4.69, 9.17) is 5.11 Å². The van der Waals surface area contributed by atoms with Crippen LogP contribution in [-0.2, 0) is 12.7 Å². The van der Waals surface area contributed by atoms with E-state index < -0.39 is 11.9 Å². The number of fused-ring (bicyclic) bond motifs is 1. The largest absolute Gasteiger partial charge is 0.433 e. The van der Waals surface area contributed by atoms with E-state index in [1.165, 1.54) is 0 Å². The van der Waals surface area contributed by atoms with Crippen molar-refractivity contribution in [3.05, 3.63) is 59.0 Å². The van der Waals surface area contributed by atoms with E-state index in [0.717, 1.165) is 41.2 Å². The van der Waals surface area contributed by atoms with Crippen molar-refractivity contribution in [3.63, 3.8) is 0 Å². The second-order valence-electron chi connectivity index (χ2n) is 8.06. The normalized spacial score (nSPS) is 17.5. The van der Waals surface area contributed by atoms with E-state index >= 15 is 0 Å². The van der Waals surface area contributed by atoms with E-state index in [0.29, 0.717) is 24.5 Å². The number of nitrogens with zero attached hydrogens (tertiary/aromatic N) is 5. The maximum atomic E-state index is 13.5. The van der Waals surface area contributed by atoms with Crippen molar-refractivity contribution in [2.45, 2.75) is 38.5 Å². The predicted octanol–water partition coefficient (Wildman–Crippen LogP) is 3.82. The first-order chi connectivity index (χ1) is 14.8. The molecular formula is C22H26F3N5O. The van der Waals surface area contributed by atoms with E-state index in [-0.39, 0.29) is 18.3 Å². The van der Waals surface area contributed by atoms with Gasteiger partial charge < -0.3 is 10.0 Å². The summed E-state index contributed by atoms with van der Waals surface area (Å²) in [5, 5.41) is 13.4. The third kappa shape index (κ3) is 4.52. The molecule has 1 unspecified atom stereocenters. The standard InChI is InChI=1S/C22H26F3N5O/c1-15-12-20(22(23,24)25)30-21(26-15)13-18(27-30)19-4-3-9-29(19)14-16-5-7-17(8-6-16)28(2)10-11-31/h5-8,12-13,19,31H,3-4,9-11,14H2,1-2H3. The summed E-state index contributed by atoms with van der Waals surface area (Å²) in [4.78, 5) is 8.49. The Bertz CT molecular complexity index is 1050. The number of halogens is 3. The highest BCUT2D eigenvalue weighted by atomic mass is 19.4. The van der Waals surface area contributed by atoms with Gasteiger partial charge in [0, 0.05) is 37.6 Å². The minimum Gasteiger partial charge on any atom is -0.395 e. The second-order valence-corrected chi connectivity index (χ2v) is 8.06. The number of benzene rings is 1. The van der Waals surface area contributed by atoms with Crippen LogP contribution in [0.3, 0.4) is 0 Å². The SMILES string of the molecule is Cc1cc(C(F)(F)F)n2nc(C3CCCN3Cc3ccc(N(C)CCO)cc3)cc2n1. The number of anilines is 1. The topological polar surface area (TPSA) is 56.9 Å². The van der Waals surface area contributed by atoms with Crippen molar-refractivity contribution in [1.82, 2.24) is 19.5 Å². The van der Waals surface area contributed by atoms with Crippen molar-refractivity contribution >= 4 is 11.3 Å². The van der Waals surface area contributed by atoms with E-state index in [9.17, 15) is 13.2 Å². The number of hydrogen-bond donors (Lipinski definition) is 1. The highest BCUT2D eigenvalue weighted by molar-refractivity contribution is 5.47. The lowest BCUT2D eigenvalue weighted by Crippen LogP contribution is -2.23. The van der Waals surface area contributed by atoms with Gasteiger partial charge in [0.15, 0.2) is 5.65 Å². The molecule has 166 valence electrons. The molecule has 0 aliphatic carbocycles. The average Bonchev–Trinajstić information content (AvgIpc) is 3.33. The highest BCUT2D eigenvalue weighted by Crippen LogP contribution is 2.35. The maximum absolute atomic E-state index is 13.5. The zero-order valence-corrected chi connectivity index (χ0v) is 17.6. The number of aliphatic hydroxyl groups is 1. The number of likely N-dealkylation sites (tertiary alicyclic amines) is 1. The molecule has 0 bridgehead atoms. The molecule has 1 fully saturated rings. The van der Waals surface area contributed by atoms with Gasteiger partial charge in [-0.15, -0.1) is 0 Å². The van der Waals surface area contributed by atoms with Crippen LogP contribution in [0.1, 0.15) is 41.5 Å². The molecule has 6 nitrogen and oxygen atoms in total. The monoisotopic (exact) mass is 433 g/mol. The Morgan fingerprint density at radius 2 is 1.94 bits per heavy atom. The number of rotatable bonds is 6. The van der Waals surface area contributed by atoms with Gasteiger partial charge in [-0.25, -0.2) is 9.50 Å². The average molecular weight is 433 g/mol. The van der Waals surface area contributed by atoms with Crippen LogP contribution >= 0.6 is 0 Å². The summed E-state index contributed by atoms with van der Waals surface area (Å²) in [6.45, 7) is 3.78. The van der Waals surface area contributed by atoms with Crippen molar-refractivity contribution in [1.29, 1.82) is 0 Å². The summed E-state index contributed by atoms with van der Waals surface area (Å²) < 4.78 is 41.3. The van der Waals surface area contributed by atoms with Crippen LogP contribution in [0, 0.1) is 6.92 Å². The number of aromatic nitrogens is 3. The number of aryl methyl sites for hydroxylation is 1. The molecule has 0 radical (unpaired) electrons. The molecule has 0 spiro atoms. The molecule has 1 saturated heterocycles. The third-order valence-electron chi connectivity index (χ3n) is 5.77. The number of aliphatic hydroxyl groups excluding tert-OH is 1. The van der Waals surface area contributed by atoms with Gasteiger partial charge >= 0.3 is 6.18 Å². The Labute approximate surface area is 178 Å². The first-order valence-electron chi connectivity index (χ1n) is 10.4. The van der Waals surface area contributed by atoms with Gasteiger partial charge in [0.1, 0.15) is 5.69 Å². The molecule has 31 heavy (non-hydrogen) atoms. The Morgan fingerprint density at radius 1 is 1.19 bits per heavy atom. The molecule has 1 N–H and O–H groups in total. The fraction of sp³-hybridized carbons (Fsp3) is 0.455. The minimum absolute atomic E-state index is 0.0418. The minimum atomic E-state index is -4.49. The lowest BCUT2D eigenvalue weighted by atomic mass is 10.1. The van der Waals surface area contributed by atoms with Gasteiger partial charge in [-0.2, -0.15) is 18.3 Å². The van der Waals surface area contributed by atoms with Crippen molar-refractivity contribution in [2.24, 2.45) is 0 Å². The zero-order chi connectivity index (χ0) is 22.2. The third-order valence-corrected chi connectivity index (χ3v) is 5.77. The van der Waals surface area contributed by atoms with Crippen LogP contribution in [0.15, 0.2) is 36.4 Å². The molecular weight excluding hydrogens is 407 g/mol. The van der Waals surface area contributed by atoms with Crippen LogP contribution in [0.2, 0.25) is 0 Å². The summed E-state index contributed by atoms with van der Waals surface area (Å²) in [6.07, 6.45) is -2.68. The molecule has 0 saturated carbocycles. The van der Waals surface area contributed by atoms with Gasteiger partial charge in [0.25, 0.3) is 0 Å². The Hall–Kier alpha value is -2.65. The molecule has 9 heteroatoms. The zero-order valence-electron chi connectivity index (χ0n) is 17.6. The molecule has 2 aromatic heterocycles. The van der Waals surface area contributed by atoms with Gasteiger partial charge in [-0.3, -0.25) is 4.90 Å². The maximum Gasteiger partial charge on any atom is 0.433 e. The van der Waals surface area contributed by atoms with E-state index in [1.54, 1.807) is 13.0 Å². The Kier molecular flexibility index (Phi) is 5.90. The smallest absolute Gasteiger partial charge is 0.395 e. The first-order valence-corrected chi connectivity index (χ1v) is 10.4. The van der Waals surface area contributed by atoms with Gasteiger partial charge in [-0.1, -0.05) is 12.1 Å². The van der Waals surface area contributed by atoms with Gasteiger partial charge in [0.05, 0.1) is 18.3 Å². The van der Waals surface area contributed by atoms with Crippen LogP contribution in [-0.4, -0.2) is 51.3 Å². The molecule has 1 aliphatic rings. The molecule has 0 amide bonds. The Morgan fingerprint density at radius 3 is 2.61 bits per heavy atom. The Balaban J connectivity index is 1.57. The molecule has 1 atom stereocenters. The molecule has 1 aliphatic heterocycles. The number of hydrogen-bond acceptors (Lipinski definition) is 5. The highest BCUT2D eigenvalue weighted by Gasteiger charge is 2.36.